The minimum absolute atomic E-state index is 0.0115. The average Bonchev–Trinajstić information content (AvgIpc) is 2.28. The standard InChI is InChI=1S/C11H13NO5/c1-17-9-3-2-6(4-7(9)10(13)14)5-8(12)11(15)16/h2-4,8H,5,12H2,1H3,(H,13,14)(H,15,16)/t8-/m0/s1. The molecular weight excluding hydrogens is 226 g/mol. The van der Waals surface area contributed by atoms with Crippen LogP contribution in [0, 0.1) is 0 Å². The highest BCUT2D eigenvalue weighted by Crippen LogP contribution is 2.20. The molecule has 17 heavy (non-hydrogen) atoms. The second-order valence-corrected chi connectivity index (χ2v) is 3.49. The molecule has 4 N–H and O–H groups in total. The molecule has 1 aromatic carbocycles. The first-order valence-corrected chi connectivity index (χ1v) is 4.84. The van der Waals surface area contributed by atoms with E-state index in [-0.39, 0.29) is 17.7 Å². The number of carbonyl (C=O) groups is 2. The predicted octanol–water partition coefficient (Wildman–Crippen LogP) is 0.348. The molecule has 0 aliphatic carbocycles. The first-order valence-electron chi connectivity index (χ1n) is 4.84. The van der Waals surface area contributed by atoms with E-state index in [1.54, 1.807) is 6.07 Å². The second kappa shape index (κ2) is 5.31. The quantitative estimate of drug-likeness (QED) is 0.683. The molecular formula is C11H13NO5. The van der Waals surface area contributed by atoms with Gasteiger partial charge in [-0.2, -0.15) is 0 Å². The van der Waals surface area contributed by atoms with Gasteiger partial charge < -0.3 is 20.7 Å². The van der Waals surface area contributed by atoms with Crippen molar-refractivity contribution in [2.75, 3.05) is 7.11 Å². The number of aromatic carboxylic acids is 1. The molecule has 0 amide bonds. The van der Waals surface area contributed by atoms with Gasteiger partial charge in [0, 0.05) is 0 Å². The molecule has 0 fully saturated rings. The number of benzene rings is 1. The summed E-state index contributed by atoms with van der Waals surface area (Å²) < 4.78 is 4.89. The number of rotatable bonds is 5. The third-order valence-electron chi connectivity index (χ3n) is 2.27. The second-order valence-electron chi connectivity index (χ2n) is 3.49. The van der Waals surface area contributed by atoms with E-state index in [1.165, 1.54) is 19.2 Å². The first-order chi connectivity index (χ1) is 7.95. The maximum absolute atomic E-state index is 10.9. The van der Waals surface area contributed by atoms with Gasteiger partial charge in [0.05, 0.1) is 7.11 Å². The van der Waals surface area contributed by atoms with Crippen LogP contribution in [-0.2, 0) is 11.2 Å². The lowest BCUT2D eigenvalue weighted by Crippen LogP contribution is -2.32. The molecule has 1 rings (SSSR count). The summed E-state index contributed by atoms with van der Waals surface area (Å²) in [6, 6.07) is 3.39. The first kappa shape index (κ1) is 13.0. The minimum atomic E-state index is -1.13. The molecule has 6 heteroatoms. The van der Waals surface area contributed by atoms with Crippen LogP contribution in [0.1, 0.15) is 15.9 Å². The minimum Gasteiger partial charge on any atom is -0.496 e. The third kappa shape index (κ3) is 3.18. The van der Waals surface area contributed by atoms with E-state index in [1.807, 2.05) is 0 Å². The number of carboxylic acids is 2. The summed E-state index contributed by atoms with van der Waals surface area (Å²) in [6.45, 7) is 0. The fourth-order valence-electron chi connectivity index (χ4n) is 1.39. The zero-order chi connectivity index (χ0) is 13.0. The number of nitrogens with two attached hydrogens (primary N) is 1. The fraction of sp³-hybridized carbons (Fsp3) is 0.273. The number of ether oxygens (including phenoxy) is 1. The number of methoxy groups -OCH3 is 1. The molecule has 0 unspecified atom stereocenters. The highest BCUT2D eigenvalue weighted by molar-refractivity contribution is 5.91. The summed E-state index contributed by atoms with van der Waals surface area (Å²) in [4.78, 5) is 21.5. The number of carboxylic acid groups (broad SMARTS) is 2. The van der Waals surface area contributed by atoms with Gasteiger partial charge in [0.15, 0.2) is 0 Å². The summed E-state index contributed by atoms with van der Waals surface area (Å²) in [6.07, 6.45) is 0.0691. The third-order valence-corrected chi connectivity index (χ3v) is 2.27. The van der Waals surface area contributed by atoms with Crippen molar-refractivity contribution in [2.24, 2.45) is 5.73 Å². The van der Waals surface area contributed by atoms with Gasteiger partial charge >= 0.3 is 11.9 Å². The van der Waals surface area contributed by atoms with Crippen LogP contribution >= 0.6 is 0 Å². The smallest absolute Gasteiger partial charge is 0.339 e. The Kier molecular flexibility index (Phi) is 4.06. The molecule has 92 valence electrons. The van der Waals surface area contributed by atoms with E-state index in [0.29, 0.717) is 5.56 Å². The molecule has 0 spiro atoms. The molecule has 1 aromatic rings. The van der Waals surface area contributed by atoms with E-state index < -0.39 is 18.0 Å². The maximum atomic E-state index is 10.9. The Balaban J connectivity index is 3.00. The SMILES string of the molecule is COc1ccc(C[C@H](N)C(=O)O)cc1C(=O)O. The Morgan fingerprint density at radius 3 is 2.53 bits per heavy atom. The summed E-state index contributed by atoms with van der Waals surface area (Å²) in [5.74, 6) is -2.03. The van der Waals surface area contributed by atoms with Crippen molar-refractivity contribution in [2.45, 2.75) is 12.5 Å². The Hall–Kier alpha value is -2.08. The van der Waals surface area contributed by atoms with E-state index >= 15 is 0 Å². The Labute approximate surface area is 97.6 Å². The molecule has 0 bridgehead atoms. The zero-order valence-electron chi connectivity index (χ0n) is 9.21. The molecule has 0 aromatic heterocycles. The Bertz CT molecular complexity index is 443. The van der Waals surface area contributed by atoms with Crippen molar-refractivity contribution < 1.29 is 24.5 Å². The number of hydrogen-bond donors (Lipinski definition) is 3. The molecule has 0 aliphatic heterocycles. The van der Waals surface area contributed by atoms with E-state index in [4.69, 9.17) is 20.7 Å². The summed E-state index contributed by atoms with van der Waals surface area (Å²) in [7, 11) is 1.37. The van der Waals surface area contributed by atoms with Crippen molar-refractivity contribution in [3.8, 4) is 5.75 Å². The van der Waals surface area contributed by atoms with E-state index in [2.05, 4.69) is 0 Å². The molecule has 6 nitrogen and oxygen atoms in total. The van der Waals surface area contributed by atoms with Crippen LogP contribution < -0.4 is 10.5 Å². The van der Waals surface area contributed by atoms with Crippen molar-refractivity contribution in [1.29, 1.82) is 0 Å². The van der Waals surface area contributed by atoms with Crippen LogP contribution in [0.3, 0.4) is 0 Å². The van der Waals surface area contributed by atoms with Crippen LogP contribution in [0.2, 0.25) is 0 Å². The van der Waals surface area contributed by atoms with Crippen molar-refractivity contribution in [3.05, 3.63) is 29.3 Å². The van der Waals surface area contributed by atoms with Gasteiger partial charge in [-0.05, 0) is 24.1 Å². The van der Waals surface area contributed by atoms with Crippen molar-refractivity contribution >= 4 is 11.9 Å². The average molecular weight is 239 g/mol. The normalized spacial score (nSPS) is 11.9. The zero-order valence-corrected chi connectivity index (χ0v) is 9.21. The van der Waals surface area contributed by atoms with Gasteiger partial charge in [-0.15, -0.1) is 0 Å². The van der Waals surface area contributed by atoms with Gasteiger partial charge in [0.2, 0.25) is 0 Å². The van der Waals surface area contributed by atoms with Gasteiger partial charge in [0.1, 0.15) is 17.4 Å². The van der Waals surface area contributed by atoms with E-state index in [9.17, 15) is 9.59 Å². The van der Waals surface area contributed by atoms with Gasteiger partial charge in [-0.3, -0.25) is 4.79 Å². The topological polar surface area (TPSA) is 110 Å². The van der Waals surface area contributed by atoms with Gasteiger partial charge in [0.25, 0.3) is 0 Å². The molecule has 0 heterocycles. The predicted molar refractivity (Wildman–Crippen MR) is 59.3 cm³/mol. The lowest BCUT2D eigenvalue weighted by Gasteiger charge is -2.09. The summed E-state index contributed by atoms with van der Waals surface area (Å²) in [5, 5.41) is 17.6. The Morgan fingerprint density at radius 2 is 2.06 bits per heavy atom. The lowest BCUT2D eigenvalue weighted by atomic mass is 10.0. The van der Waals surface area contributed by atoms with Crippen LogP contribution in [0.15, 0.2) is 18.2 Å². The summed E-state index contributed by atoms with van der Waals surface area (Å²) in [5.41, 5.74) is 5.90. The van der Waals surface area contributed by atoms with Crippen LogP contribution in [0.25, 0.3) is 0 Å². The summed E-state index contributed by atoms with van der Waals surface area (Å²) >= 11 is 0. The molecule has 0 aliphatic rings. The number of aliphatic carboxylic acids is 1. The molecule has 0 radical (unpaired) electrons. The maximum Gasteiger partial charge on any atom is 0.339 e. The molecule has 0 saturated heterocycles. The van der Waals surface area contributed by atoms with Crippen LogP contribution in [0.4, 0.5) is 0 Å². The highest BCUT2D eigenvalue weighted by atomic mass is 16.5. The molecule has 1 atom stereocenters. The lowest BCUT2D eigenvalue weighted by molar-refractivity contribution is -0.138. The largest absolute Gasteiger partial charge is 0.496 e. The number of hydrogen-bond acceptors (Lipinski definition) is 4. The van der Waals surface area contributed by atoms with Crippen molar-refractivity contribution in [3.63, 3.8) is 0 Å². The highest BCUT2D eigenvalue weighted by Gasteiger charge is 2.16. The van der Waals surface area contributed by atoms with Crippen LogP contribution in [0.5, 0.6) is 5.75 Å². The molecule has 0 saturated carbocycles. The van der Waals surface area contributed by atoms with Crippen molar-refractivity contribution in [1.82, 2.24) is 0 Å². The fourth-order valence-corrected chi connectivity index (χ4v) is 1.39. The monoisotopic (exact) mass is 239 g/mol. The van der Waals surface area contributed by atoms with Gasteiger partial charge in [-0.1, -0.05) is 6.07 Å². The van der Waals surface area contributed by atoms with Crippen LogP contribution in [-0.4, -0.2) is 35.3 Å². The Morgan fingerprint density at radius 1 is 1.41 bits per heavy atom. The van der Waals surface area contributed by atoms with Gasteiger partial charge in [-0.25, -0.2) is 4.79 Å². The van der Waals surface area contributed by atoms with E-state index in [0.717, 1.165) is 0 Å².